The Balaban J connectivity index is 1.50. The fourth-order valence-electron chi connectivity index (χ4n) is 2.91. The molecule has 154 valence electrons. The first-order chi connectivity index (χ1) is 14.6. The van der Waals surface area contributed by atoms with Crippen LogP contribution in [-0.4, -0.2) is 32.7 Å². The van der Waals surface area contributed by atoms with Crippen LogP contribution >= 0.6 is 23.1 Å². The van der Waals surface area contributed by atoms with E-state index in [1.54, 1.807) is 35.6 Å². The Hall–Kier alpha value is -2.78. The highest BCUT2D eigenvalue weighted by Crippen LogP contribution is 2.30. The summed E-state index contributed by atoms with van der Waals surface area (Å²) >= 11 is 2.64. The Morgan fingerprint density at radius 1 is 1.13 bits per heavy atom. The Bertz CT molecular complexity index is 1130. The molecule has 2 aromatic carbocycles. The van der Waals surface area contributed by atoms with Crippen molar-refractivity contribution in [2.75, 3.05) is 17.2 Å². The first-order valence-electron chi connectivity index (χ1n) is 9.29. The maximum absolute atomic E-state index is 13.6. The summed E-state index contributed by atoms with van der Waals surface area (Å²) in [7, 11) is 0. The molecule has 0 atom stereocenters. The Labute approximate surface area is 180 Å². The molecule has 1 amide bonds. The highest BCUT2D eigenvalue weighted by molar-refractivity contribution is 8.00. The monoisotopic (exact) mass is 444 g/mol. The standard InChI is InChI=1S/C21H18F2N4OS2/c22-15-2-5-17(6-3-15)29-13-20(28)27(10-1-9-26-11-8-24-14-26)21-25-18-7-4-16(23)12-19(18)30-21/h2-8,11-12,14H,1,9-10,13H2. The van der Waals surface area contributed by atoms with Crippen molar-refractivity contribution < 1.29 is 13.6 Å². The van der Waals surface area contributed by atoms with E-state index in [-0.39, 0.29) is 23.3 Å². The van der Waals surface area contributed by atoms with E-state index in [0.717, 1.165) is 4.90 Å². The topological polar surface area (TPSA) is 51.0 Å². The van der Waals surface area contributed by atoms with Gasteiger partial charge in [-0.15, -0.1) is 11.8 Å². The van der Waals surface area contributed by atoms with E-state index in [1.807, 2.05) is 10.8 Å². The predicted octanol–water partition coefficient (Wildman–Crippen LogP) is 4.99. The number of fused-ring (bicyclic) bond motifs is 1. The Morgan fingerprint density at radius 2 is 1.93 bits per heavy atom. The lowest BCUT2D eigenvalue weighted by molar-refractivity contribution is -0.116. The minimum Gasteiger partial charge on any atom is -0.337 e. The second kappa shape index (κ2) is 9.36. The van der Waals surface area contributed by atoms with Crippen molar-refractivity contribution in [3.63, 3.8) is 0 Å². The van der Waals surface area contributed by atoms with Crippen molar-refractivity contribution in [3.05, 3.63) is 72.8 Å². The normalized spacial score (nSPS) is 11.1. The average molecular weight is 445 g/mol. The van der Waals surface area contributed by atoms with Crippen LogP contribution in [0.25, 0.3) is 10.2 Å². The Kier molecular flexibility index (Phi) is 6.39. The number of benzene rings is 2. The molecule has 2 aromatic heterocycles. The summed E-state index contributed by atoms with van der Waals surface area (Å²) < 4.78 is 29.3. The molecular weight excluding hydrogens is 426 g/mol. The molecule has 9 heteroatoms. The van der Waals surface area contributed by atoms with Crippen molar-refractivity contribution >= 4 is 44.4 Å². The zero-order chi connectivity index (χ0) is 20.9. The molecule has 0 N–H and O–H groups in total. The fourth-order valence-corrected chi connectivity index (χ4v) is 4.72. The second-order valence-corrected chi connectivity index (χ2v) is 8.61. The van der Waals surface area contributed by atoms with Crippen molar-refractivity contribution in [1.82, 2.24) is 14.5 Å². The van der Waals surface area contributed by atoms with Gasteiger partial charge < -0.3 is 4.57 Å². The molecule has 0 saturated heterocycles. The number of hydrogen-bond acceptors (Lipinski definition) is 5. The molecule has 0 radical (unpaired) electrons. The van der Waals surface area contributed by atoms with Gasteiger partial charge in [0.05, 0.1) is 22.3 Å². The molecule has 0 spiro atoms. The maximum atomic E-state index is 13.6. The van der Waals surface area contributed by atoms with Gasteiger partial charge in [-0.25, -0.2) is 18.7 Å². The molecule has 4 aromatic rings. The van der Waals surface area contributed by atoms with Crippen LogP contribution in [0.15, 0.2) is 66.1 Å². The van der Waals surface area contributed by atoms with Crippen LogP contribution in [0.2, 0.25) is 0 Å². The average Bonchev–Trinajstić information content (AvgIpc) is 3.40. The van der Waals surface area contributed by atoms with E-state index in [1.165, 1.54) is 47.4 Å². The number of thioether (sulfide) groups is 1. The number of amides is 1. The number of aromatic nitrogens is 3. The smallest absolute Gasteiger partial charge is 0.239 e. The summed E-state index contributed by atoms with van der Waals surface area (Å²) in [6.07, 6.45) is 6.03. The van der Waals surface area contributed by atoms with Crippen LogP contribution in [0, 0.1) is 11.6 Å². The minimum absolute atomic E-state index is 0.102. The van der Waals surface area contributed by atoms with Crippen molar-refractivity contribution in [1.29, 1.82) is 0 Å². The minimum atomic E-state index is -0.331. The summed E-state index contributed by atoms with van der Waals surface area (Å²) in [4.78, 5) is 24.1. The van der Waals surface area contributed by atoms with E-state index >= 15 is 0 Å². The summed E-state index contributed by atoms with van der Waals surface area (Å²) in [6.45, 7) is 1.19. The number of nitrogens with zero attached hydrogens (tertiary/aromatic N) is 4. The number of hydrogen-bond donors (Lipinski definition) is 0. The maximum Gasteiger partial charge on any atom is 0.239 e. The highest BCUT2D eigenvalue weighted by atomic mass is 32.2. The number of aryl methyl sites for hydroxylation is 1. The molecule has 0 unspecified atom stereocenters. The molecule has 0 saturated carbocycles. The first kappa shape index (κ1) is 20.5. The molecule has 0 fully saturated rings. The van der Waals surface area contributed by atoms with Gasteiger partial charge in [0, 0.05) is 30.4 Å². The fraction of sp³-hybridized carbons (Fsp3) is 0.190. The molecule has 30 heavy (non-hydrogen) atoms. The summed E-state index contributed by atoms with van der Waals surface area (Å²) in [6, 6.07) is 10.5. The summed E-state index contributed by atoms with van der Waals surface area (Å²) in [5.41, 5.74) is 0.662. The molecule has 5 nitrogen and oxygen atoms in total. The number of anilines is 1. The van der Waals surface area contributed by atoms with Crippen molar-refractivity contribution in [3.8, 4) is 0 Å². The summed E-state index contributed by atoms with van der Waals surface area (Å²) in [5.74, 6) is -0.549. The van der Waals surface area contributed by atoms with Crippen LogP contribution in [0.3, 0.4) is 0 Å². The lowest BCUT2D eigenvalue weighted by Crippen LogP contribution is -2.33. The lowest BCUT2D eigenvalue weighted by Gasteiger charge is -2.20. The van der Waals surface area contributed by atoms with Crippen LogP contribution in [-0.2, 0) is 11.3 Å². The highest BCUT2D eigenvalue weighted by Gasteiger charge is 2.20. The third-order valence-corrected chi connectivity index (χ3v) is 6.44. The lowest BCUT2D eigenvalue weighted by atomic mass is 10.3. The molecule has 0 bridgehead atoms. The van der Waals surface area contributed by atoms with E-state index in [9.17, 15) is 13.6 Å². The quantitative estimate of drug-likeness (QED) is 0.360. The third kappa shape index (κ3) is 5.03. The van der Waals surface area contributed by atoms with Gasteiger partial charge in [0.15, 0.2) is 5.13 Å². The number of carbonyl (C=O) groups excluding carboxylic acids is 1. The van der Waals surface area contributed by atoms with Gasteiger partial charge in [-0.2, -0.15) is 0 Å². The van der Waals surface area contributed by atoms with Gasteiger partial charge in [-0.05, 0) is 48.9 Å². The van der Waals surface area contributed by atoms with Gasteiger partial charge in [-0.1, -0.05) is 11.3 Å². The van der Waals surface area contributed by atoms with E-state index < -0.39 is 0 Å². The van der Waals surface area contributed by atoms with Gasteiger partial charge in [-0.3, -0.25) is 9.69 Å². The van der Waals surface area contributed by atoms with Crippen molar-refractivity contribution in [2.24, 2.45) is 0 Å². The molecule has 0 aliphatic rings. The van der Waals surface area contributed by atoms with Gasteiger partial charge in [0.2, 0.25) is 5.91 Å². The number of rotatable bonds is 8. The van der Waals surface area contributed by atoms with Crippen LogP contribution in [0.1, 0.15) is 6.42 Å². The van der Waals surface area contributed by atoms with Gasteiger partial charge in [0.1, 0.15) is 11.6 Å². The SMILES string of the molecule is O=C(CSc1ccc(F)cc1)N(CCCn1ccnc1)c1nc2ccc(F)cc2s1. The number of carbonyl (C=O) groups is 1. The van der Waals surface area contributed by atoms with Crippen LogP contribution < -0.4 is 4.90 Å². The van der Waals surface area contributed by atoms with Gasteiger partial charge in [0.25, 0.3) is 0 Å². The second-order valence-electron chi connectivity index (χ2n) is 6.55. The van der Waals surface area contributed by atoms with E-state index in [2.05, 4.69) is 9.97 Å². The predicted molar refractivity (Wildman–Crippen MR) is 116 cm³/mol. The van der Waals surface area contributed by atoms with Gasteiger partial charge >= 0.3 is 0 Å². The first-order valence-corrected chi connectivity index (χ1v) is 11.1. The number of imidazole rings is 1. The molecule has 4 rings (SSSR count). The zero-order valence-corrected chi connectivity index (χ0v) is 17.5. The number of halogens is 2. The zero-order valence-electron chi connectivity index (χ0n) is 15.9. The largest absolute Gasteiger partial charge is 0.337 e. The van der Waals surface area contributed by atoms with Crippen LogP contribution in [0.5, 0.6) is 0 Å². The number of thiazole rings is 1. The van der Waals surface area contributed by atoms with Crippen LogP contribution in [0.4, 0.5) is 13.9 Å². The third-order valence-electron chi connectivity index (χ3n) is 4.40. The summed E-state index contributed by atoms with van der Waals surface area (Å²) in [5, 5.41) is 0.547. The molecule has 2 heterocycles. The molecule has 0 aliphatic carbocycles. The van der Waals surface area contributed by atoms with E-state index in [4.69, 9.17) is 0 Å². The van der Waals surface area contributed by atoms with E-state index in [0.29, 0.717) is 34.9 Å². The molecule has 0 aliphatic heterocycles. The van der Waals surface area contributed by atoms with Crippen molar-refractivity contribution in [2.45, 2.75) is 17.9 Å². The molecular formula is C21H18F2N4OS2. The Morgan fingerprint density at radius 3 is 2.70 bits per heavy atom.